The Labute approximate surface area is 61.9 Å². The fourth-order valence-corrected chi connectivity index (χ4v) is 2.00. The van der Waals surface area contributed by atoms with Gasteiger partial charge in [-0.25, -0.2) is 0 Å². The van der Waals surface area contributed by atoms with Crippen LogP contribution in [0.5, 0.6) is 0 Å². The van der Waals surface area contributed by atoms with Gasteiger partial charge in [0.05, 0.1) is 6.61 Å². The zero-order valence-corrected chi connectivity index (χ0v) is 6.31. The molecule has 1 aliphatic carbocycles. The smallest absolute Gasteiger partial charge is 0.0591 e. The number of hydrogen-bond acceptors (Lipinski definition) is 2. The Kier molecular flexibility index (Phi) is 1.91. The van der Waals surface area contributed by atoms with Crippen LogP contribution in [0, 0.1) is 5.92 Å². The average Bonchev–Trinajstić information content (AvgIpc) is 2.30. The van der Waals surface area contributed by atoms with Crippen molar-refractivity contribution in [3.05, 3.63) is 0 Å². The van der Waals surface area contributed by atoms with Crippen molar-refractivity contribution >= 4 is 0 Å². The average molecular weight is 141 g/mol. The molecule has 2 fully saturated rings. The van der Waals surface area contributed by atoms with Gasteiger partial charge in [0, 0.05) is 19.2 Å². The molecule has 1 heterocycles. The first-order valence-corrected chi connectivity index (χ1v) is 4.26. The molecule has 0 amide bonds. The first-order valence-electron chi connectivity index (χ1n) is 4.26. The number of hydrogen-bond donors (Lipinski definition) is 1. The van der Waals surface area contributed by atoms with E-state index in [9.17, 15) is 0 Å². The zero-order chi connectivity index (χ0) is 6.81. The van der Waals surface area contributed by atoms with Crippen molar-refractivity contribution < 1.29 is 4.74 Å². The molecule has 0 aromatic carbocycles. The summed E-state index contributed by atoms with van der Waals surface area (Å²) >= 11 is 0. The summed E-state index contributed by atoms with van der Waals surface area (Å²) in [5.74, 6) is 0.859. The molecule has 2 rings (SSSR count). The van der Waals surface area contributed by atoms with Crippen LogP contribution in [0.25, 0.3) is 0 Å². The summed E-state index contributed by atoms with van der Waals surface area (Å²) in [6.45, 7) is 2.97. The quantitative estimate of drug-likeness (QED) is 0.538. The van der Waals surface area contributed by atoms with E-state index in [1.807, 2.05) is 0 Å². The van der Waals surface area contributed by atoms with Gasteiger partial charge in [-0.3, -0.25) is 0 Å². The van der Waals surface area contributed by atoms with Crippen LogP contribution in [0.4, 0.5) is 0 Å². The van der Waals surface area contributed by atoms with E-state index in [4.69, 9.17) is 4.74 Å². The van der Waals surface area contributed by atoms with Crippen molar-refractivity contribution in [1.82, 2.24) is 5.32 Å². The van der Waals surface area contributed by atoms with Gasteiger partial charge in [0.15, 0.2) is 0 Å². The standard InChI is InChI=1S/C8H15NO/c1-2-8-5-7(1)6-10-4-3-9-8/h7-9H,1-6H2. The third-order valence-electron chi connectivity index (χ3n) is 2.57. The molecule has 0 spiro atoms. The molecule has 2 nitrogen and oxygen atoms in total. The minimum atomic E-state index is 0.814. The van der Waals surface area contributed by atoms with Gasteiger partial charge < -0.3 is 10.1 Å². The van der Waals surface area contributed by atoms with E-state index in [-0.39, 0.29) is 0 Å². The molecule has 2 unspecified atom stereocenters. The molecule has 2 atom stereocenters. The Balaban J connectivity index is 1.91. The molecular formula is C8H15NO. The van der Waals surface area contributed by atoms with E-state index in [1.54, 1.807) is 0 Å². The summed E-state index contributed by atoms with van der Waals surface area (Å²) in [6.07, 6.45) is 4.09. The predicted molar refractivity (Wildman–Crippen MR) is 40.0 cm³/mol. The van der Waals surface area contributed by atoms with Gasteiger partial charge in [0.1, 0.15) is 0 Å². The Morgan fingerprint density at radius 1 is 1.30 bits per heavy atom. The van der Waals surface area contributed by atoms with E-state index in [0.29, 0.717) is 0 Å². The summed E-state index contributed by atoms with van der Waals surface area (Å²) < 4.78 is 5.44. The predicted octanol–water partition coefficient (Wildman–Crippen LogP) is 0.775. The Morgan fingerprint density at radius 3 is 3.30 bits per heavy atom. The molecule has 1 N–H and O–H groups in total. The maximum Gasteiger partial charge on any atom is 0.0591 e. The molecule has 1 aliphatic heterocycles. The number of fused-ring (bicyclic) bond motifs is 2. The molecule has 2 aliphatic rings. The molecule has 10 heavy (non-hydrogen) atoms. The summed E-state index contributed by atoms with van der Waals surface area (Å²) in [6, 6.07) is 0.814. The molecule has 2 heteroatoms. The van der Waals surface area contributed by atoms with Crippen molar-refractivity contribution in [3.8, 4) is 0 Å². The largest absolute Gasteiger partial charge is 0.380 e. The third kappa shape index (κ3) is 1.32. The summed E-state index contributed by atoms with van der Waals surface area (Å²) in [5, 5.41) is 3.49. The summed E-state index contributed by atoms with van der Waals surface area (Å²) in [7, 11) is 0. The third-order valence-corrected chi connectivity index (χ3v) is 2.57. The second-order valence-corrected chi connectivity index (χ2v) is 3.41. The zero-order valence-electron chi connectivity index (χ0n) is 6.31. The minimum Gasteiger partial charge on any atom is -0.380 e. The van der Waals surface area contributed by atoms with E-state index < -0.39 is 0 Å². The Morgan fingerprint density at radius 2 is 2.30 bits per heavy atom. The number of nitrogens with one attached hydrogen (secondary N) is 1. The topological polar surface area (TPSA) is 21.3 Å². The van der Waals surface area contributed by atoms with Crippen LogP contribution in [0.15, 0.2) is 0 Å². The fourth-order valence-electron chi connectivity index (χ4n) is 2.00. The second kappa shape index (κ2) is 2.89. The van der Waals surface area contributed by atoms with Crippen LogP contribution < -0.4 is 5.32 Å². The molecular weight excluding hydrogens is 126 g/mol. The molecule has 1 saturated heterocycles. The van der Waals surface area contributed by atoms with E-state index >= 15 is 0 Å². The van der Waals surface area contributed by atoms with Crippen LogP contribution >= 0.6 is 0 Å². The van der Waals surface area contributed by atoms with Crippen molar-refractivity contribution in [3.63, 3.8) is 0 Å². The van der Waals surface area contributed by atoms with E-state index in [0.717, 1.165) is 31.7 Å². The van der Waals surface area contributed by atoms with Gasteiger partial charge in [-0.05, 0) is 25.2 Å². The van der Waals surface area contributed by atoms with Gasteiger partial charge in [0.2, 0.25) is 0 Å². The first-order chi connectivity index (χ1) is 4.95. The Bertz CT molecular complexity index is 104. The van der Waals surface area contributed by atoms with Gasteiger partial charge in [-0.1, -0.05) is 0 Å². The molecule has 0 radical (unpaired) electrons. The van der Waals surface area contributed by atoms with E-state index in [1.165, 1.54) is 19.3 Å². The summed E-state index contributed by atoms with van der Waals surface area (Å²) in [4.78, 5) is 0. The normalized spacial score (nSPS) is 40.8. The summed E-state index contributed by atoms with van der Waals surface area (Å²) in [5.41, 5.74) is 0. The highest BCUT2D eigenvalue weighted by Gasteiger charge is 2.25. The van der Waals surface area contributed by atoms with Gasteiger partial charge in [-0.15, -0.1) is 0 Å². The minimum absolute atomic E-state index is 0.814. The van der Waals surface area contributed by atoms with Crippen molar-refractivity contribution in [2.24, 2.45) is 5.92 Å². The SMILES string of the molecule is C1COCC2CCC(C2)N1. The van der Waals surface area contributed by atoms with Gasteiger partial charge >= 0.3 is 0 Å². The van der Waals surface area contributed by atoms with Crippen LogP contribution in [-0.2, 0) is 4.74 Å². The monoisotopic (exact) mass is 141 g/mol. The fraction of sp³-hybridized carbons (Fsp3) is 1.00. The molecule has 0 aromatic rings. The van der Waals surface area contributed by atoms with Crippen molar-refractivity contribution in [1.29, 1.82) is 0 Å². The maximum atomic E-state index is 5.44. The highest BCUT2D eigenvalue weighted by molar-refractivity contribution is 4.81. The van der Waals surface area contributed by atoms with Gasteiger partial charge in [0.25, 0.3) is 0 Å². The van der Waals surface area contributed by atoms with Crippen LogP contribution in [-0.4, -0.2) is 25.8 Å². The second-order valence-electron chi connectivity index (χ2n) is 3.41. The highest BCUT2D eigenvalue weighted by Crippen LogP contribution is 2.26. The molecule has 1 saturated carbocycles. The van der Waals surface area contributed by atoms with Gasteiger partial charge in [-0.2, -0.15) is 0 Å². The van der Waals surface area contributed by atoms with Crippen LogP contribution in [0.1, 0.15) is 19.3 Å². The lowest BCUT2D eigenvalue weighted by atomic mass is 10.1. The van der Waals surface area contributed by atoms with Crippen molar-refractivity contribution in [2.45, 2.75) is 25.3 Å². The lowest BCUT2D eigenvalue weighted by Gasteiger charge is -2.17. The molecule has 58 valence electrons. The molecule has 0 aromatic heterocycles. The Hall–Kier alpha value is -0.0800. The lowest BCUT2D eigenvalue weighted by molar-refractivity contribution is 0.0929. The molecule has 2 bridgehead atoms. The number of ether oxygens (including phenoxy) is 1. The van der Waals surface area contributed by atoms with Crippen LogP contribution in [0.2, 0.25) is 0 Å². The first kappa shape index (κ1) is 6.62. The lowest BCUT2D eigenvalue weighted by Crippen LogP contribution is -2.32. The number of rotatable bonds is 0. The van der Waals surface area contributed by atoms with Crippen LogP contribution in [0.3, 0.4) is 0 Å². The van der Waals surface area contributed by atoms with Crippen molar-refractivity contribution in [2.75, 3.05) is 19.8 Å². The maximum absolute atomic E-state index is 5.44. The highest BCUT2D eigenvalue weighted by atomic mass is 16.5. The van der Waals surface area contributed by atoms with E-state index in [2.05, 4.69) is 5.32 Å².